The van der Waals surface area contributed by atoms with Crippen LogP contribution in [0.2, 0.25) is 0 Å². The fourth-order valence-electron chi connectivity index (χ4n) is 3.08. The van der Waals surface area contributed by atoms with E-state index >= 15 is 0 Å². The van der Waals surface area contributed by atoms with E-state index in [4.69, 9.17) is 0 Å². The lowest BCUT2D eigenvalue weighted by atomic mass is 10.0. The van der Waals surface area contributed by atoms with Gasteiger partial charge in [0.25, 0.3) is 0 Å². The van der Waals surface area contributed by atoms with Crippen molar-refractivity contribution in [2.45, 2.75) is 32.2 Å². The van der Waals surface area contributed by atoms with Crippen LogP contribution in [0.4, 0.5) is 5.69 Å². The Kier molecular flexibility index (Phi) is 3.54. The maximum Gasteiger partial charge on any atom is 0.0371 e. The van der Waals surface area contributed by atoms with E-state index in [0.29, 0.717) is 6.04 Å². The molecule has 0 aromatic heterocycles. The van der Waals surface area contributed by atoms with Gasteiger partial charge in [0.15, 0.2) is 0 Å². The van der Waals surface area contributed by atoms with Crippen molar-refractivity contribution in [3.63, 3.8) is 0 Å². The van der Waals surface area contributed by atoms with Crippen LogP contribution >= 0.6 is 0 Å². The zero-order valence-corrected chi connectivity index (χ0v) is 11.5. The molecule has 0 aliphatic carbocycles. The van der Waals surface area contributed by atoms with E-state index in [9.17, 15) is 0 Å². The van der Waals surface area contributed by atoms with Crippen LogP contribution in [0.1, 0.15) is 24.0 Å². The third kappa shape index (κ3) is 2.81. The van der Waals surface area contributed by atoms with Gasteiger partial charge in [-0.25, -0.2) is 0 Å². The van der Waals surface area contributed by atoms with Gasteiger partial charge in [-0.1, -0.05) is 42.5 Å². The molecule has 0 saturated carbocycles. The second-order valence-electron chi connectivity index (χ2n) is 5.52. The van der Waals surface area contributed by atoms with Crippen LogP contribution in [-0.4, -0.2) is 12.6 Å². The molecule has 0 N–H and O–H groups in total. The lowest BCUT2D eigenvalue weighted by Gasteiger charge is -2.27. The Morgan fingerprint density at radius 1 is 1.05 bits per heavy atom. The van der Waals surface area contributed by atoms with Crippen LogP contribution in [0.15, 0.2) is 54.6 Å². The molecular weight excluding hydrogens is 230 g/mol. The molecule has 2 aromatic carbocycles. The van der Waals surface area contributed by atoms with Gasteiger partial charge >= 0.3 is 0 Å². The summed E-state index contributed by atoms with van der Waals surface area (Å²) >= 11 is 0. The van der Waals surface area contributed by atoms with E-state index in [1.807, 2.05) is 0 Å². The Morgan fingerprint density at radius 3 is 2.68 bits per heavy atom. The minimum atomic E-state index is 0.657. The normalized spacial score (nSPS) is 18.8. The predicted molar refractivity (Wildman–Crippen MR) is 81.7 cm³/mol. The van der Waals surface area contributed by atoms with Crippen LogP contribution < -0.4 is 4.90 Å². The molecule has 1 fully saturated rings. The monoisotopic (exact) mass is 251 g/mol. The Labute approximate surface area is 115 Å². The Hall–Kier alpha value is -1.76. The van der Waals surface area contributed by atoms with E-state index < -0.39 is 0 Å². The van der Waals surface area contributed by atoms with Crippen molar-refractivity contribution >= 4 is 5.69 Å². The van der Waals surface area contributed by atoms with Gasteiger partial charge in [-0.05, 0) is 49.4 Å². The lowest BCUT2D eigenvalue weighted by Crippen LogP contribution is -2.30. The molecule has 1 atom stereocenters. The molecule has 1 heterocycles. The third-order valence-electron chi connectivity index (χ3n) is 4.02. The molecule has 3 rings (SSSR count). The standard InChI is InChI=1S/C18H21N/c1-15-7-5-10-17(13-15)19-12-6-11-18(19)14-16-8-3-2-4-9-16/h2-5,7-10,13,18H,6,11-12,14H2,1H3/t18-/m1/s1. The summed E-state index contributed by atoms with van der Waals surface area (Å²) in [6.45, 7) is 3.37. The molecule has 2 aromatic rings. The van der Waals surface area contributed by atoms with Gasteiger partial charge < -0.3 is 4.90 Å². The van der Waals surface area contributed by atoms with Crippen LogP contribution in [0.25, 0.3) is 0 Å². The van der Waals surface area contributed by atoms with Gasteiger partial charge in [0.05, 0.1) is 0 Å². The Balaban J connectivity index is 1.78. The molecule has 1 aliphatic heterocycles. The molecule has 1 saturated heterocycles. The summed E-state index contributed by atoms with van der Waals surface area (Å²) in [5.74, 6) is 0. The average Bonchev–Trinajstić information content (AvgIpc) is 2.88. The highest BCUT2D eigenvalue weighted by molar-refractivity contribution is 5.50. The molecule has 19 heavy (non-hydrogen) atoms. The SMILES string of the molecule is Cc1cccc(N2CCC[C@@H]2Cc2ccccc2)c1. The summed E-state index contributed by atoms with van der Waals surface area (Å²) in [6, 6.07) is 20.4. The van der Waals surface area contributed by atoms with Crippen molar-refractivity contribution in [2.75, 3.05) is 11.4 Å². The van der Waals surface area contributed by atoms with Crippen molar-refractivity contribution in [1.82, 2.24) is 0 Å². The zero-order chi connectivity index (χ0) is 13.1. The second-order valence-corrected chi connectivity index (χ2v) is 5.52. The summed E-state index contributed by atoms with van der Waals surface area (Å²) in [7, 11) is 0. The second kappa shape index (κ2) is 5.48. The number of benzene rings is 2. The fourth-order valence-corrected chi connectivity index (χ4v) is 3.08. The van der Waals surface area contributed by atoms with Gasteiger partial charge in [-0.15, -0.1) is 0 Å². The molecular formula is C18H21N. The van der Waals surface area contributed by atoms with E-state index in [1.54, 1.807) is 0 Å². The maximum absolute atomic E-state index is 2.58. The minimum absolute atomic E-state index is 0.657. The van der Waals surface area contributed by atoms with Crippen molar-refractivity contribution in [2.24, 2.45) is 0 Å². The molecule has 1 aliphatic rings. The average molecular weight is 251 g/mol. The van der Waals surface area contributed by atoms with Gasteiger partial charge in [-0.3, -0.25) is 0 Å². The topological polar surface area (TPSA) is 3.24 Å². The number of aryl methyl sites for hydroxylation is 1. The Morgan fingerprint density at radius 2 is 1.89 bits per heavy atom. The molecule has 98 valence electrons. The number of hydrogen-bond donors (Lipinski definition) is 0. The predicted octanol–water partition coefficient (Wildman–Crippen LogP) is 4.21. The highest BCUT2D eigenvalue weighted by atomic mass is 15.2. The number of hydrogen-bond acceptors (Lipinski definition) is 1. The van der Waals surface area contributed by atoms with Crippen LogP contribution in [0.3, 0.4) is 0 Å². The zero-order valence-electron chi connectivity index (χ0n) is 11.5. The molecule has 0 spiro atoms. The highest BCUT2D eigenvalue weighted by Crippen LogP contribution is 2.28. The minimum Gasteiger partial charge on any atom is -0.368 e. The molecule has 0 unspecified atom stereocenters. The van der Waals surface area contributed by atoms with Crippen LogP contribution in [0.5, 0.6) is 0 Å². The van der Waals surface area contributed by atoms with Crippen molar-refractivity contribution in [1.29, 1.82) is 0 Å². The Bertz CT molecular complexity index is 532. The van der Waals surface area contributed by atoms with E-state index in [1.165, 1.54) is 36.2 Å². The largest absolute Gasteiger partial charge is 0.368 e. The van der Waals surface area contributed by atoms with Crippen LogP contribution in [0, 0.1) is 6.92 Å². The first kappa shape index (κ1) is 12.3. The first-order chi connectivity index (χ1) is 9.33. The number of nitrogens with zero attached hydrogens (tertiary/aromatic N) is 1. The van der Waals surface area contributed by atoms with Gasteiger partial charge in [-0.2, -0.15) is 0 Å². The number of rotatable bonds is 3. The van der Waals surface area contributed by atoms with E-state index in [2.05, 4.69) is 66.4 Å². The molecule has 1 nitrogen and oxygen atoms in total. The summed E-state index contributed by atoms with van der Waals surface area (Å²) in [5, 5.41) is 0. The lowest BCUT2D eigenvalue weighted by molar-refractivity contribution is 0.663. The summed E-state index contributed by atoms with van der Waals surface area (Å²) < 4.78 is 0. The summed E-state index contributed by atoms with van der Waals surface area (Å²) in [5.41, 5.74) is 4.19. The van der Waals surface area contributed by atoms with Gasteiger partial charge in [0.2, 0.25) is 0 Å². The van der Waals surface area contributed by atoms with E-state index in [-0.39, 0.29) is 0 Å². The third-order valence-corrected chi connectivity index (χ3v) is 4.02. The fraction of sp³-hybridized carbons (Fsp3) is 0.333. The van der Waals surface area contributed by atoms with Crippen molar-refractivity contribution in [3.05, 3.63) is 65.7 Å². The highest BCUT2D eigenvalue weighted by Gasteiger charge is 2.24. The summed E-state index contributed by atoms with van der Waals surface area (Å²) in [4.78, 5) is 2.58. The first-order valence-corrected chi connectivity index (χ1v) is 7.20. The van der Waals surface area contributed by atoms with Crippen LogP contribution in [-0.2, 0) is 6.42 Å². The molecule has 0 bridgehead atoms. The van der Waals surface area contributed by atoms with Crippen molar-refractivity contribution < 1.29 is 0 Å². The molecule has 1 heteroatoms. The quantitative estimate of drug-likeness (QED) is 0.790. The number of anilines is 1. The van der Waals surface area contributed by atoms with Gasteiger partial charge in [0.1, 0.15) is 0 Å². The maximum atomic E-state index is 2.58. The van der Waals surface area contributed by atoms with E-state index in [0.717, 1.165) is 6.42 Å². The van der Waals surface area contributed by atoms with Crippen molar-refractivity contribution in [3.8, 4) is 0 Å². The first-order valence-electron chi connectivity index (χ1n) is 7.20. The van der Waals surface area contributed by atoms with Gasteiger partial charge in [0, 0.05) is 18.3 Å². The molecule has 0 amide bonds. The molecule has 0 radical (unpaired) electrons. The summed E-state index contributed by atoms with van der Waals surface area (Å²) in [6.07, 6.45) is 3.78. The smallest absolute Gasteiger partial charge is 0.0371 e.